The highest BCUT2D eigenvalue weighted by Crippen LogP contribution is 2.26. The van der Waals surface area contributed by atoms with Crippen LogP contribution in [0.4, 0.5) is 0 Å². The van der Waals surface area contributed by atoms with Crippen molar-refractivity contribution in [2.45, 2.75) is 12.8 Å². The van der Waals surface area contributed by atoms with Crippen LogP contribution in [0.2, 0.25) is 0 Å². The second kappa shape index (κ2) is 6.48. The maximum absolute atomic E-state index is 12.2. The molecule has 0 bridgehead atoms. The van der Waals surface area contributed by atoms with Crippen LogP contribution in [0.3, 0.4) is 0 Å². The van der Waals surface area contributed by atoms with E-state index in [-0.39, 0.29) is 5.78 Å². The van der Waals surface area contributed by atoms with Gasteiger partial charge in [0.15, 0.2) is 5.78 Å². The first-order chi connectivity index (χ1) is 9.83. The number of ether oxygens (including phenoxy) is 1. The van der Waals surface area contributed by atoms with Crippen molar-refractivity contribution in [1.82, 2.24) is 4.90 Å². The number of fused-ring (bicyclic) bond motifs is 1. The van der Waals surface area contributed by atoms with Crippen LogP contribution in [-0.2, 0) is 4.74 Å². The average Bonchev–Trinajstić information content (AvgIpc) is 2.92. The minimum atomic E-state index is 0.277. The Morgan fingerprint density at radius 2 is 2.05 bits per heavy atom. The van der Waals surface area contributed by atoms with E-state index >= 15 is 0 Å². The minimum Gasteiger partial charge on any atom is -0.379 e. The summed E-state index contributed by atoms with van der Waals surface area (Å²) in [5.74, 6) is 0.277. The lowest BCUT2D eigenvalue weighted by atomic mass is 10.1. The third kappa shape index (κ3) is 3.26. The monoisotopic (exact) mass is 289 g/mol. The van der Waals surface area contributed by atoms with Crippen LogP contribution in [0, 0.1) is 0 Å². The summed E-state index contributed by atoms with van der Waals surface area (Å²) >= 11 is 1.61. The fraction of sp³-hybridized carbons (Fsp3) is 0.438. The number of thiophene rings is 1. The molecule has 0 unspecified atom stereocenters. The van der Waals surface area contributed by atoms with Gasteiger partial charge in [-0.25, -0.2) is 0 Å². The van der Waals surface area contributed by atoms with Crippen molar-refractivity contribution in [1.29, 1.82) is 0 Å². The number of benzene rings is 1. The smallest absolute Gasteiger partial charge is 0.172 e. The summed E-state index contributed by atoms with van der Waals surface area (Å²) in [5, 5.41) is 1.18. The third-order valence-corrected chi connectivity index (χ3v) is 4.84. The Morgan fingerprint density at radius 1 is 1.25 bits per heavy atom. The topological polar surface area (TPSA) is 29.5 Å². The molecule has 4 heteroatoms. The van der Waals surface area contributed by atoms with E-state index in [1.807, 2.05) is 18.2 Å². The fourth-order valence-corrected chi connectivity index (χ4v) is 3.56. The van der Waals surface area contributed by atoms with E-state index in [0.29, 0.717) is 6.42 Å². The molecule has 0 radical (unpaired) electrons. The van der Waals surface area contributed by atoms with E-state index < -0.39 is 0 Å². The largest absolute Gasteiger partial charge is 0.379 e. The van der Waals surface area contributed by atoms with Crippen molar-refractivity contribution in [3.05, 3.63) is 35.2 Å². The molecule has 0 saturated carbocycles. The van der Waals surface area contributed by atoms with Crippen LogP contribution in [0.5, 0.6) is 0 Å². The lowest BCUT2D eigenvalue weighted by molar-refractivity contribution is 0.0371. The highest BCUT2D eigenvalue weighted by molar-refractivity contribution is 7.20. The Morgan fingerprint density at radius 3 is 2.85 bits per heavy atom. The highest BCUT2D eigenvalue weighted by Gasteiger charge is 2.13. The maximum atomic E-state index is 12.2. The van der Waals surface area contributed by atoms with Gasteiger partial charge in [0.2, 0.25) is 0 Å². The Kier molecular flexibility index (Phi) is 4.45. The van der Waals surface area contributed by atoms with Crippen LogP contribution >= 0.6 is 11.3 Å². The van der Waals surface area contributed by atoms with Crippen molar-refractivity contribution >= 4 is 27.2 Å². The molecule has 3 rings (SSSR count). The molecule has 0 N–H and O–H groups in total. The summed E-state index contributed by atoms with van der Waals surface area (Å²) < 4.78 is 6.52. The predicted octanol–water partition coefficient (Wildman–Crippen LogP) is 3.20. The van der Waals surface area contributed by atoms with E-state index in [4.69, 9.17) is 4.74 Å². The first-order valence-corrected chi connectivity index (χ1v) is 7.96. The van der Waals surface area contributed by atoms with Crippen molar-refractivity contribution in [2.75, 3.05) is 32.8 Å². The summed E-state index contributed by atoms with van der Waals surface area (Å²) in [4.78, 5) is 15.5. The fourth-order valence-electron chi connectivity index (χ4n) is 2.53. The number of nitrogens with zero attached hydrogens (tertiary/aromatic N) is 1. The number of carbonyl (C=O) groups is 1. The van der Waals surface area contributed by atoms with Gasteiger partial charge in [-0.2, -0.15) is 0 Å². The SMILES string of the molecule is O=C(CCCN1CCOCC1)c1cc2ccccc2s1. The van der Waals surface area contributed by atoms with E-state index in [9.17, 15) is 4.79 Å². The first kappa shape index (κ1) is 13.7. The number of Topliss-reactive ketones (excluding diaryl/α,β-unsaturated/α-hetero) is 1. The molecule has 0 aliphatic carbocycles. The predicted molar refractivity (Wildman–Crippen MR) is 82.6 cm³/mol. The molecular formula is C16H19NO2S. The number of ketones is 1. The first-order valence-electron chi connectivity index (χ1n) is 7.15. The van der Waals surface area contributed by atoms with E-state index in [0.717, 1.165) is 44.1 Å². The molecule has 1 aromatic heterocycles. The van der Waals surface area contributed by atoms with Crippen molar-refractivity contribution in [2.24, 2.45) is 0 Å². The van der Waals surface area contributed by atoms with Gasteiger partial charge >= 0.3 is 0 Å². The molecule has 1 saturated heterocycles. The Labute approximate surface area is 123 Å². The van der Waals surface area contributed by atoms with Crippen LogP contribution in [0.15, 0.2) is 30.3 Å². The van der Waals surface area contributed by atoms with Gasteiger partial charge in [-0.15, -0.1) is 11.3 Å². The summed E-state index contributed by atoms with van der Waals surface area (Å²) in [5.41, 5.74) is 0. The second-order valence-corrected chi connectivity index (χ2v) is 6.21. The van der Waals surface area contributed by atoms with Crippen LogP contribution in [0.25, 0.3) is 10.1 Å². The molecule has 106 valence electrons. The zero-order chi connectivity index (χ0) is 13.8. The van der Waals surface area contributed by atoms with Gasteiger partial charge in [-0.05, 0) is 30.5 Å². The molecular weight excluding hydrogens is 270 g/mol. The van der Waals surface area contributed by atoms with E-state index in [1.54, 1.807) is 11.3 Å². The Balaban J connectivity index is 1.53. The van der Waals surface area contributed by atoms with Crippen molar-refractivity contribution in [3.63, 3.8) is 0 Å². The number of hydrogen-bond acceptors (Lipinski definition) is 4. The molecule has 2 aromatic rings. The van der Waals surface area contributed by atoms with Crippen LogP contribution in [0.1, 0.15) is 22.5 Å². The molecule has 3 nitrogen and oxygen atoms in total. The highest BCUT2D eigenvalue weighted by atomic mass is 32.1. The molecule has 2 heterocycles. The van der Waals surface area contributed by atoms with Gasteiger partial charge < -0.3 is 4.74 Å². The maximum Gasteiger partial charge on any atom is 0.172 e. The lowest BCUT2D eigenvalue weighted by Gasteiger charge is -2.26. The van der Waals surface area contributed by atoms with Gasteiger partial charge in [0.05, 0.1) is 18.1 Å². The molecule has 0 amide bonds. The lowest BCUT2D eigenvalue weighted by Crippen LogP contribution is -2.36. The molecule has 0 spiro atoms. The standard InChI is InChI=1S/C16H19NO2S/c18-14(5-3-7-17-8-10-19-11-9-17)16-12-13-4-1-2-6-15(13)20-16/h1-2,4,6,12H,3,5,7-11H2. The van der Waals surface area contributed by atoms with Gasteiger partial charge in [-0.1, -0.05) is 18.2 Å². The van der Waals surface area contributed by atoms with E-state index in [2.05, 4.69) is 17.0 Å². The van der Waals surface area contributed by atoms with Gasteiger partial charge in [0, 0.05) is 24.2 Å². The van der Waals surface area contributed by atoms with Gasteiger partial charge in [0.25, 0.3) is 0 Å². The molecule has 0 atom stereocenters. The van der Waals surface area contributed by atoms with Gasteiger partial charge in [0.1, 0.15) is 0 Å². The Bertz CT molecular complexity index is 554. The number of rotatable bonds is 5. The number of morpholine rings is 1. The quantitative estimate of drug-likeness (QED) is 0.792. The average molecular weight is 289 g/mol. The molecule has 1 aliphatic rings. The molecule has 1 aromatic carbocycles. The van der Waals surface area contributed by atoms with Crippen molar-refractivity contribution < 1.29 is 9.53 Å². The molecule has 1 aliphatic heterocycles. The zero-order valence-corrected chi connectivity index (χ0v) is 12.3. The summed E-state index contributed by atoms with van der Waals surface area (Å²) in [6.45, 7) is 4.64. The Hall–Kier alpha value is -1.23. The molecule has 20 heavy (non-hydrogen) atoms. The van der Waals surface area contributed by atoms with Crippen LogP contribution in [-0.4, -0.2) is 43.5 Å². The second-order valence-electron chi connectivity index (χ2n) is 5.13. The summed E-state index contributed by atoms with van der Waals surface area (Å²) in [6.07, 6.45) is 1.58. The molecule has 1 fully saturated rings. The normalized spacial score (nSPS) is 16.6. The third-order valence-electron chi connectivity index (χ3n) is 3.68. The zero-order valence-electron chi connectivity index (χ0n) is 11.5. The van der Waals surface area contributed by atoms with Gasteiger partial charge in [-0.3, -0.25) is 9.69 Å². The van der Waals surface area contributed by atoms with Crippen LogP contribution < -0.4 is 0 Å². The number of carbonyl (C=O) groups excluding carboxylic acids is 1. The van der Waals surface area contributed by atoms with E-state index in [1.165, 1.54) is 10.1 Å². The number of hydrogen-bond donors (Lipinski definition) is 0. The van der Waals surface area contributed by atoms with Crippen molar-refractivity contribution in [3.8, 4) is 0 Å². The minimum absolute atomic E-state index is 0.277. The summed E-state index contributed by atoms with van der Waals surface area (Å²) in [6, 6.07) is 10.2. The summed E-state index contributed by atoms with van der Waals surface area (Å²) in [7, 11) is 0.